The molecule has 0 atom stereocenters. The van der Waals surface area contributed by atoms with Gasteiger partial charge in [0, 0.05) is 0 Å². The molecule has 0 saturated carbocycles. The average molecular weight is 229 g/mol. The van der Waals surface area contributed by atoms with E-state index in [-0.39, 0.29) is 51.4 Å². The molecule has 0 unspecified atom stereocenters. The molecule has 0 saturated heterocycles. The normalized spacial score (nSPS) is 9.50. The molecule has 0 aliphatic carbocycles. The maximum absolute atomic E-state index is 10.1. The summed E-state index contributed by atoms with van der Waals surface area (Å²) in [6, 6.07) is -0.455. The molecule has 14 heavy (non-hydrogen) atoms. The quantitative estimate of drug-likeness (QED) is 0.286. The van der Waals surface area contributed by atoms with Crippen LogP contribution in [-0.2, 0) is 0 Å². The monoisotopic (exact) mass is 229 g/mol. The number of rotatable bonds is 3. The molecule has 0 aliphatic heterocycles. The fraction of sp³-hybridized carbons (Fsp3) is 0.333. The van der Waals surface area contributed by atoms with Crippen molar-refractivity contribution < 1.29 is 14.3 Å². The van der Waals surface area contributed by atoms with Crippen LogP contribution < -0.4 is 5.73 Å². The van der Waals surface area contributed by atoms with E-state index in [9.17, 15) is 20.2 Å². The Bertz CT molecular complexity index is 337. The van der Waals surface area contributed by atoms with Gasteiger partial charge in [0.25, 0.3) is 0 Å². The summed E-state index contributed by atoms with van der Waals surface area (Å²) in [6.07, 6.45) is -2.26. The van der Waals surface area contributed by atoms with E-state index < -0.39 is 27.9 Å². The van der Waals surface area contributed by atoms with Gasteiger partial charge >= 0.3 is 69.5 Å². The van der Waals surface area contributed by atoms with Crippen LogP contribution in [-0.4, -0.2) is 71.4 Å². The second-order valence-electron chi connectivity index (χ2n) is 1.92. The molecule has 1 aromatic heterocycles. The van der Waals surface area contributed by atoms with Gasteiger partial charge in [-0.1, -0.05) is 10.2 Å². The first-order valence-electron chi connectivity index (χ1n) is 2.88. The Kier molecular flexibility index (Phi) is 5.07. The van der Waals surface area contributed by atoms with Gasteiger partial charge in [0.15, 0.2) is 0 Å². The summed E-state index contributed by atoms with van der Waals surface area (Å²) in [6.45, 7) is 0. The van der Waals surface area contributed by atoms with Crippen LogP contribution in [0.5, 0.6) is 0 Å². The molecule has 72 valence electrons. The number of anilines is 1. The summed E-state index contributed by atoms with van der Waals surface area (Å²) >= 11 is 0. The van der Waals surface area contributed by atoms with Gasteiger partial charge in [-0.05, 0) is 0 Å². The standard InChI is InChI=1S/C3H3N5O5.K.H/c4-3-6-5-1(13-3)2(7(9)10)8(11)12;;/h2H,(H2,4,6);;. The molecule has 1 heterocycles. The number of nitrogens with two attached hydrogens (primary N) is 1. The van der Waals surface area contributed by atoms with Crippen LogP contribution in [0, 0.1) is 20.2 Å². The third-order valence-electron chi connectivity index (χ3n) is 1.08. The predicted octanol–water partition coefficient (Wildman–Crippen LogP) is -1.44. The minimum absolute atomic E-state index is 0. The summed E-state index contributed by atoms with van der Waals surface area (Å²) in [4.78, 5) is 18.0. The molecule has 0 amide bonds. The Hall–Kier alpha value is -0.624. The summed E-state index contributed by atoms with van der Waals surface area (Å²) < 4.78 is 4.34. The van der Waals surface area contributed by atoms with Crippen LogP contribution in [0.25, 0.3) is 0 Å². The average Bonchev–Trinajstić information content (AvgIpc) is 2.34. The fourth-order valence-electron chi connectivity index (χ4n) is 0.608. The number of nitrogen functional groups attached to an aromatic ring is 1. The molecule has 0 spiro atoms. The van der Waals surface area contributed by atoms with E-state index >= 15 is 0 Å². The van der Waals surface area contributed by atoms with Crippen LogP contribution in [0.4, 0.5) is 6.01 Å². The third-order valence-corrected chi connectivity index (χ3v) is 1.08. The molecule has 0 radical (unpaired) electrons. The first kappa shape index (κ1) is 13.4. The van der Waals surface area contributed by atoms with Gasteiger partial charge in [0.2, 0.25) is 0 Å². The third kappa shape index (κ3) is 2.95. The molecule has 2 N–H and O–H groups in total. The maximum atomic E-state index is 10.1. The van der Waals surface area contributed by atoms with Gasteiger partial charge in [-0.3, -0.25) is 20.2 Å². The molecule has 1 rings (SSSR count). The molecular formula is C3H4KN5O5. The van der Waals surface area contributed by atoms with Gasteiger partial charge < -0.3 is 10.2 Å². The summed E-state index contributed by atoms with van der Waals surface area (Å²) in [5.41, 5.74) is 4.93. The van der Waals surface area contributed by atoms with Gasteiger partial charge in [0.1, 0.15) is 9.85 Å². The predicted molar refractivity (Wildman–Crippen MR) is 42.6 cm³/mol. The second-order valence-corrected chi connectivity index (χ2v) is 1.92. The van der Waals surface area contributed by atoms with Crippen LogP contribution in [0.1, 0.15) is 12.1 Å². The van der Waals surface area contributed by atoms with Crippen molar-refractivity contribution in [2.24, 2.45) is 0 Å². The van der Waals surface area contributed by atoms with Crippen molar-refractivity contribution >= 4 is 57.4 Å². The summed E-state index contributed by atoms with van der Waals surface area (Å²) in [7, 11) is 0. The van der Waals surface area contributed by atoms with Crippen LogP contribution in [0.2, 0.25) is 0 Å². The Morgan fingerprint density at radius 2 is 1.79 bits per heavy atom. The van der Waals surface area contributed by atoms with Crippen LogP contribution >= 0.6 is 0 Å². The van der Waals surface area contributed by atoms with Gasteiger partial charge in [-0.2, -0.15) is 0 Å². The Balaban J connectivity index is 0.00000169. The van der Waals surface area contributed by atoms with E-state index in [4.69, 9.17) is 5.73 Å². The number of hydrogen-bond acceptors (Lipinski definition) is 8. The fourth-order valence-corrected chi connectivity index (χ4v) is 0.608. The Morgan fingerprint density at radius 1 is 1.29 bits per heavy atom. The first-order valence-corrected chi connectivity index (χ1v) is 2.88. The first-order chi connectivity index (χ1) is 6.02. The van der Waals surface area contributed by atoms with E-state index in [0.717, 1.165) is 0 Å². The van der Waals surface area contributed by atoms with E-state index in [0.29, 0.717) is 0 Å². The van der Waals surface area contributed by atoms with Crippen molar-refractivity contribution in [3.63, 3.8) is 0 Å². The zero-order chi connectivity index (χ0) is 10.0. The van der Waals surface area contributed by atoms with Crippen molar-refractivity contribution in [2.45, 2.75) is 6.17 Å². The summed E-state index contributed by atoms with van der Waals surface area (Å²) in [5, 5.41) is 26.4. The van der Waals surface area contributed by atoms with Crippen molar-refractivity contribution in [3.05, 3.63) is 26.1 Å². The second kappa shape index (κ2) is 5.30. The Morgan fingerprint density at radius 3 is 2.07 bits per heavy atom. The number of hydrogen-bond donors (Lipinski definition) is 1. The molecule has 11 heteroatoms. The van der Waals surface area contributed by atoms with E-state index in [1.807, 2.05) is 0 Å². The molecular weight excluding hydrogens is 225 g/mol. The molecule has 0 fully saturated rings. The van der Waals surface area contributed by atoms with E-state index in [1.165, 1.54) is 0 Å². The van der Waals surface area contributed by atoms with Gasteiger partial charge in [-0.25, -0.2) is 0 Å². The summed E-state index contributed by atoms with van der Waals surface area (Å²) in [5.74, 6) is -0.743. The van der Waals surface area contributed by atoms with E-state index in [1.54, 1.807) is 0 Å². The van der Waals surface area contributed by atoms with Crippen molar-refractivity contribution in [1.29, 1.82) is 0 Å². The number of nitro groups is 2. The van der Waals surface area contributed by atoms with Crippen molar-refractivity contribution in [3.8, 4) is 0 Å². The molecule has 1 aromatic rings. The molecule has 0 bridgehead atoms. The van der Waals surface area contributed by atoms with Crippen LogP contribution in [0.15, 0.2) is 4.42 Å². The van der Waals surface area contributed by atoms with Crippen LogP contribution in [0.3, 0.4) is 0 Å². The van der Waals surface area contributed by atoms with Crippen molar-refractivity contribution in [2.75, 3.05) is 5.73 Å². The number of nitrogens with zero attached hydrogens (tertiary/aromatic N) is 4. The molecule has 0 aromatic carbocycles. The number of aromatic nitrogens is 2. The van der Waals surface area contributed by atoms with Crippen molar-refractivity contribution in [1.82, 2.24) is 10.2 Å². The van der Waals surface area contributed by atoms with E-state index in [2.05, 4.69) is 14.6 Å². The SMILES string of the molecule is Nc1nnc(C([N+](=O)[O-])[N+](=O)[O-])o1.[KH]. The molecule has 10 nitrogen and oxygen atoms in total. The van der Waals surface area contributed by atoms with Gasteiger partial charge in [-0.15, -0.1) is 0 Å². The topological polar surface area (TPSA) is 151 Å². The van der Waals surface area contributed by atoms with Gasteiger partial charge in [0.05, 0.1) is 0 Å². The zero-order valence-corrected chi connectivity index (χ0v) is 5.98. The molecule has 0 aliphatic rings. The zero-order valence-electron chi connectivity index (χ0n) is 5.98. The minimum atomic E-state index is -2.26. The Labute approximate surface area is 119 Å².